The van der Waals surface area contributed by atoms with Crippen LogP contribution in [0.4, 0.5) is 11.4 Å². The number of nitrogens with zero attached hydrogens (tertiary/aromatic N) is 3. The fourth-order valence-corrected chi connectivity index (χ4v) is 5.96. The first-order valence-corrected chi connectivity index (χ1v) is 14.0. The molecule has 4 aromatic rings. The van der Waals surface area contributed by atoms with E-state index >= 15 is 0 Å². The van der Waals surface area contributed by atoms with Gasteiger partial charge in [-0.05, 0) is 47.7 Å². The number of anilines is 2. The van der Waals surface area contributed by atoms with Crippen molar-refractivity contribution >= 4 is 34.4 Å². The molecule has 6 nitrogen and oxygen atoms in total. The van der Waals surface area contributed by atoms with Crippen LogP contribution < -0.4 is 9.80 Å². The molecule has 0 saturated carbocycles. The maximum Gasteiger partial charge on any atom is 0.294 e. The van der Waals surface area contributed by atoms with Crippen LogP contribution in [0.1, 0.15) is 53.3 Å². The van der Waals surface area contributed by atoms with Gasteiger partial charge in [0.25, 0.3) is 5.91 Å². The highest BCUT2D eigenvalue weighted by molar-refractivity contribution is 7.17. The summed E-state index contributed by atoms with van der Waals surface area (Å²) in [7, 11) is 3.91. The zero-order valence-electron chi connectivity index (χ0n) is 23.6. The van der Waals surface area contributed by atoms with Gasteiger partial charge in [-0.15, -0.1) is 11.3 Å². The summed E-state index contributed by atoms with van der Waals surface area (Å²) >= 11 is 1.27. The molecule has 7 heteroatoms. The third-order valence-electron chi connectivity index (χ3n) is 7.21. The van der Waals surface area contributed by atoms with Crippen molar-refractivity contribution < 1.29 is 14.7 Å². The number of aryl methyl sites for hydroxylation is 1. The molecule has 0 spiro atoms. The molecule has 3 aromatic carbocycles. The number of rotatable bonds is 6. The highest BCUT2D eigenvalue weighted by atomic mass is 32.1. The lowest BCUT2D eigenvalue weighted by molar-refractivity contribution is -0.117. The summed E-state index contributed by atoms with van der Waals surface area (Å²) in [4.78, 5) is 36.4. The molecular weight excluding hydrogens is 518 g/mol. The van der Waals surface area contributed by atoms with Crippen LogP contribution in [0.25, 0.3) is 10.6 Å². The zero-order valence-corrected chi connectivity index (χ0v) is 24.4. The Kier molecular flexibility index (Phi) is 7.10. The molecule has 5 rings (SSSR count). The number of amides is 1. The Hall–Kier alpha value is -4.23. The minimum Gasteiger partial charge on any atom is -0.503 e. The molecule has 1 amide bonds. The third-order valence-corrected chi connectivity index (χ3v) is 8.42. The first-order chi connectivity index (χ1) is 19.0. The number of hydrogen-bond acceptors (Lipinski definition) is 6. The maximum atomic E-state index is 14.2. The number of carbonyl (C=O) groups is 2. The van der Waals surface area contributed by atoms with Gasteiger partial charge in [-0.25, -0.2) is 4.98 Å². The monoisotopic (exact) mass is 551 g/mol. The van der Waals surface area contributed by atoms with Crippen molar-refractivity contribution in [3.63, 3.8) is 0 Å². The average molecular weight is 552 g/mol. The smallest absolute Gasteiger partial charge is 0.294 e. The molecule has 0 aliphatic carbocycles. The average Bonchev–Trinajstić information content (AvgIpc) is 3.45. The summed E-state index contributed by atoms with van der Waals surface area (Å²) < 4.78 is 0. The van der Waals surface area contributed by atoms with Crippen LogP contribution in [0.15, 0.2) is 90.2 Å². The molecule has 0 bridgehead atoms. The normalized spacial score (nSPS) is 15.6. The molecule has 204 valence electrons. The van der Waals surface area contributed by atoms with E-state index in [1.165, 1.54) is 16.2 Å². The third kappa shape index (κ3) is 4.93. The van der Waals surface area contributed by atoms with Crippen LogP contribution in [0.5, 0.6) is 0 Å². The molecule has 0 fully saturated rings. The van der Waals surface area contributed by atoms with Gasteiger partial charge >= 0.3 is 0 Å². The summed E-state index contributed by atoms with van der Waals surface area (Å²) in [6.45, 7) is 8.17. The number of aliphatic hydroxyl groups is 1. The summed E-state index contributed by atoms with van der Waals surface area (Å²) in [5, 5.41) is 12.0. The number of carbonyl (C=O) groups excluding carboxylic acids is 2. The van der Waals surface area contributed by atoms with Crippen LogP contribution in [0, 0.1) is 6.92 Å². The van der Waals surface area contributed by atoms with Crippen molar-refractivity contribution in [2.45, 2.75) is 39.2 Å². The first kappa shape index (κ1) is 27.3. The predicted octanol–water partition coefficient (Wildman–Crippen LogP) is 7.26. The van der Waals surface area contributed by atoms with Gasteiger partial charge in [0, 0.05) is 31.0 Å². The highest BCUT2D eigenvalue weighted by Crippen LogP contribution is 2.44. The van der Waals surface area contributed by atoms with E-state index in [9.17, 15) is 14.7 Å². The molecule has 1 atom stereocenters. The van der Waals surface area contributed by atoms with E-state index in [1.807, 2.05) is 97.9 Å². The summed E-state index contributed by atoms with van der Waals surface area (Å²) in [6, 6.07) is 24.3. The van der Waals surface area contributed by atoms with Crippen molar-refractivity contribution in [1.82, 2.24) is 4.98 Å². The molecule has 1 unspecified atom stereocenters. The number of aliphatic hydroxyl groups excluding tert-OH is 1. The Morgan fingerprint density at radius 2 is 1.57 bits per heavy atom. The zero-order chi connectivity index (χ0) is 28.8. The number of ketones is 1. The largest absolute Gasteiger partial charge is 0.503 e. The van der Waals surface area contributed by atoms with Crippen molar-refractivity contribution in [3.05, 3.63) is 112 Å². The topological polar surface area (TPSA) is 73.7 Å². The second-order valence-corrected chi connectivity index (χ2v) is 12.3. The molecule has 2 heterocycles. The van der Waals surface area contributed by atoms with E-state index in [4.69, 9.17) is 0 Å². The summed E-state index contributed by atoms with van der Waals surface area (Å²) in [6.07, 6.45) is 0. The van der Waals surface area contributed by atoms with Gasteiger partial charge in [-0.1, -0.05) is 75.4 Å². The minimum absolute atomic E-state index is 0.0589. The minimum atomic E-state index is -0.793. The van der Waals surface area contributed by atoms with Gasteiger partial charge in [0.2, 0.25) is 5.78 Å². The molecule has 40 heavy (non-hydrogen) atoms. The van der Waals surface area contributed by atoms with E-state index in [0.29, 0.717) is 21.3 Å². The first-order valence-electron chi connectivity index (χ1n) is 13.2. The number of hydrogen-bond donors (Lipinski definition) is 1. The van der Waals surface area contributed by atoms with Gasteiger partial charge in [0.05, 0.1) is 22.2 Å². The quantitative estimate of drug-likeness (QED) is 0.255. The van der Waals surface area contributed by atoms with Crippen LogP contribution in [0.3, 0.4) is 0 Å². The lowest BCUT2D eigenvalue weighted by Crippen LogP contribution is -2.31. The Balaban J connectivity index is 1.61. The summed E-state index contributed by atoms with van der Waals surface area (Å²) in [5.41, 5.74) is 4.93. The number of aromatic nitrogens is 1. The fourth-order valence-electron chi connectivity index (χ4n) is 4.93. The lowest BCUT2D eigenvalue weighted by atomic mass is 9.87. The van der Waals surface area contributed by atoms with E-state index < -0.39 is 23.5 Å². The van der Waals surface area contributed by atoms with Crippen LogP contribution in [-0.4, -0.2) is 35.9 Å². The Morgan fingerprint density at radius 1 is 0.950 bits per heavy atom. The molecule has 0 radical (unpaired) electrons. The second kappa shape index (κ2) is 10.4. The maximum absolute atomic E-state index is 14.2. The number of benzene rings is 3. The van der Waals surface area contributed by atoms with E-state index in [0.717, 1.165) is 22.4 Å². The molecular formula is C33H33N3O3S. The van der Waals surface area contributed by atoms with Crippen molar-refractivity contribution in [2.24, 2.45) is 0 Å². The standard InChI is InChI=1S/C33H33N3O3S/c1-20-30(40-31(34-20)22-10-8-7-9-11-22)28(37)26-27(21-12-16-24(17-13-21)35(5)6)36(32(39)29(26)38)25-18-14-23(15-19-25)33(2,3)4/h7-19,27,38H,1-6H3. The molecule has 1 aromatic heterocycles. The van der Waals surface area contributed by atoms with E-state index in [2.05, 4.69) is 25.8 Å². The second-order valence-electron chi connectivity index (χ2n) is 11.3. The highest BCUT2D eigenvalue weighted by Gasteiger charge is 2.45. The van der Waals surface area contributed by atoms with Crippen LogP contribution in [-0.2, 0) is 10.2 Å². The molecule has 1 N–H and O–H groups in total. The van der Waals surface area contributed by atoms with Gasteiger partial charge < -0.3 is 10.0 Å². The Morgan fingerprint density at radius 3 is 2.15 bits per heavy atom. The number of thiazole rings is 1. The van der Waals surface area contributed by atoms with Crippen molar-refractivity contribution in [1.29, 1.82) is 0 Å². The SMILES string of the molecule is Cc1nc(-c2ccccc2)sc1C(=O)C1=C(O)C(=O)N(c2ccc(C(C)(C)C)cc2)C1c1ccc(N(C)C)cc1. The van der Waals surface area contributed by atoms with Crippen LogP contribution >= 0.6 is 11.3 Å². The van der Waals surface area contributed by atoms with E-state index in [-0.39, 0.29) is 11.0 Å². The number of Topliss-reactive ketones (excluding diaryl/α,β-unsaturated/α-hetero) is 1. The van der Waals surface area contributed by atoms with E-state index in [1.54, 1.807) is 6.92 Å². The van der Waals surface area contributed by atoms with Gasteiger partial charge in [-0.3, -0.25) is 14.5 Å². The summed E-state index contributed by atoms with van der Waals surface area (Å²) in [5.74, 6) is -1.52. The van der Waals surface area contributed by atoms with Gasteiger partial charge in [-0.2, -0.15) is 0 Å². The Labute approximate surface area is 239 Å². The van der Waals surface area contributed by atoms with Crippen LogP contribution in [0.2, 0.25) is 0 Å². The fraction of sp³-hybridized carbons (Fsp3) is 0.242. The molecule has 1 aliphatic rings. The van der Waals surface area contributed by atoms with Crippen molar-refractivity contribution in [2.75, 3.05) is 23.9 Å². The Bertz CT molecular complexity index is 1600. The predicted molar refractivity (Wildman–Crippen MR) is 162 cm³/mol. The molecule has 0 saturated heterocycles. The molecule has 1 aliphatic heterocycles. The van der Waals surface area contributed by atoms with Gasteiger partial charge in [0.1, 0.15) is 5.01 Å². The van der Waals surface area contributed by atoms with Gasteiger partial charge in [0.15, 0.2) is 5.76 Å². The lowest BCUT2D eigenvalue weighted by Gasteiger charge is -2.28. The van der Waals surface area contributed by atoms with Crippen molar-refractivity contribution in [3.8, 4) is 10.6 Å².